The fourth-order valence-electron chi connectivity index (χ4n) is 0.693. The minimum absolute atomic E-state index is 0.956. The van der Waals surface area contributed by atoms with Crippen LogP contribution in [0.2, 0.25) is 0 Å². The molecule has 0 aromatic carbocycles. The molecule has 0 aromatic rings. The van der Waals surface area contributed by atoms with Crippen molar-refractivity contribution >= 4 is 11.6 Å². The van der Waals surface area contributed by atoms with E-state index in [2.05, 4.69) is 18.9 Å². The van der Waals surface area contributed by atoms with Crippen LogP contribution < -0.4 is 0 Å². The van der Waals surface area contributed by atoms with Crippen LogP contribution in [0.25, 0.3) is 0 Å². The van der Waals surface area contributed by atoms with E-state index in [-0.39, 0.29) is 0 Å². The Morgan fingerprint density at radius 2 is 2.22 bits per heavy atom. The second-order valence-corrected chi connectivity index (χ2v) is 2.38. The summed E-state index contributed by atoms with van der Waals surface area (Å²) in [5, 5.41) is 0. The highest BCUT2D eigenvalue weighted by molar-refractivity contribution is 6.25. The van der Waals surface area contributed by atoms with Crippen molar-refractivity contribution in [2.24, 2.45) is 0 Å². The normalized spacial score (nSPS) is 11.6. The van der Waals surface area contributed by atoms with E-state index in [4.69, 9.17) is 11.6 Å². The average Bonchev–Trinajstić information content (AvgIpc) is 1.85. The number of nitrogens with zero attached hydrogens (tertiary/aromatic N) is 1. The Labute approximate surface area is 62.3 Å². The van der Waals surface area contributed by atoms with Gasteiger partial charge in [0.2, 0.25) is 0 Å². The standard InChI is InChI=1S/C7H14ClN/c1-3-6-9(2)7-4-5-8/h4-5H,3,6-7H2,1-2H3/b5-4+. The molecule has 0 aliphatic carbocycles. The van der Waals surface area contributed by atoms with E-state index in [0.717, 1.165) is 13.1 Å². The van der Waals surface area contributed by atoms with Gasteiger partial charge in [0.1, 0.15) is 0 Å². The summed E-state index contributed by atoms with van der Waals surface area (Å²) in [6.45, 7) is 4.26. The first kappa shape index (κ1) is 8.99. The molecule has 0 aliphatic rings. The summed E-state index contributed by atoms with van der Waals surface area (Å²) in [6.07, 6.45) is 3.14. The van der Waals surface area contributed by atoms with Crippen LogP contribution in [0.4, 0.5) is 0 Å². The molecule has 0 unspecified atom stereocenters. The van der Waals surface area contributed by atoms with Gasteiger partial charge in [0.15, 0.2) is 0 Å². The van der Waals surface area contributed by atoms with Gasteiger partial charge in [0.05, 0.1) is 0 Å². The van der Waals surface area contributed by atoms with Gasteiger partial charge in [-0.15, -0.1) is 0 Å². The van der Waals surface area contributed by atoms with Crippen molar-refractivity contribution in [2.75, 3.05) is 20.1 Å². The monoisotopic (exact) mass is 147 g/mol. The molecule has 0 rings (SSSR count). The predicted octanol–water partition coefficient (Wildman–Crippen LogP) is 2.08. The fourth-order valence-corrected chi connectivity index (χ4v) is 0.772. The maximum absolute atomic E-state index is 5.34. The molecule has 0 heterocycles. The van der Waals surface area contributed by atoms with Crippen molar-refractivity contribution < 1.29 is 0 Å². The highest BCUT2D eigenvalue weighted by Gasteiger charge is 1.89. The molecule has 0 saturated heterocycles. The molecule has 0 atom stereocenters. The zero-order valence-corrected chi connectivity index (χ0v) is 6.86. The summed E-state index contributed by atoms with van der Waals surface area (Å²) in [6, 6.07) is 0. The van der Waals surface area contributed by atoms with Crippen molar-refractivity contribution in [3.8, 4) is 0 Å². The van der Waals surface area contributed by atoms with Crippen molar-refractivity contribution in [1.82, 2.24) is 4.90 Å². The third-order valence-electron chi connectivity index (χ3n) is 1.11. The lowest BCUT2D eigenvalue weighted by molar-refractivity contribution is 0.371. The van der Waals surface area contributed by atoms with E-state index >= 15 is 0 Å². The second-order valence-electron chi connectivity index (χ2n) is 2.12. The summed E-state index contributed by atoms with van der Waals surface area (Å²) in [5.41, 5.74) is 1.56. The molecule has 54 valence electrons. The summed E-state index contributed by atoms with van der Waals surface area (Å²) in [7, 11) is 2.08. The Balaban J connectivity index is 3.15. The molecule has 2 heteroatoms. The van der Waals surface area contributed by atoms with Crippen molar-refractivity contribution in [3.05, 3.63) is 11.6 Å². The smallest absolute Gasteiger partial charge is 0.0171 e. The van der Waals surface area contributed by atoms with Crippen molar-refractivity contribution in [1.29, 1.82) is 0 Å². The SMILES string of the molecule is CCCN(C)C/C=C/Cl. The maximum Gasteiger partial charge on any atom is 0.0171 e. The molecule has 0 N–H and O–H groups in total. The van der Waals surface area contributed by atoms with Crippen LogP contribution in [0.5, 0.6) is 0 Å². The van der Waals surface area contributed by atoms with Gasteiger partial charge >= 0.3 is 0 Å². The van der Waals surface area contributed by atoms with E-state index < -0.39 is 0 Å². The van der Waals surface area contributed by atoms with E-state index in [1.54, 1.807) is 5.54 Å². The lowest BCUT2D eigenvalue weighted by atomic mass is 10.4. The minimum Gasteiger partial charge on any atom is -0.303 e. The Bertz CT molecular complexity index is 81.0. The molecule has 9 heavy (non-hydrogen) atoms. The summed E-state index contributed by atoms with van der Waals surface area (Å²) in [4.78, 5) is 2.22. The summed E-state index contributed by atoms with van der Waals surface area (Å²) in [5.74, 6) is 0. The predicted molar refractivity (Wildman–Crippen MR) is 42.8 cm³/mol. The zero-order chi connectivity index (χ0) is 7.11. The van der Waals surface area contributed by atoms with Gasteiger partial charge in [-0.05, 0) is 20.0 Å². The number of likely N-dealkylation sites (N-methyl/N-ethyl adjacent to an activating group) is 1. The molecule has 0 amide bonds. The van der Waals surface area contributed by atoms with Crippen LogP contribution in [-0.2, 0) is 0 Å². The van der Waals surface area contributed by atoms with E-state index in [1.165, 1.54) is 6.42 Å². The lowest BCUT2D eigenvalue weighted by Crippen LogP contribution is -2.18. The molecular formula is C7H14ClN. The van der Waals surface area contributed by atoms with E-state index in [9.17, 15) is 0 Å². The Morgan fingerprint density at radius 3 is 2.67 bits per heavy atom. The van der Waals surface area contributed by atoms with Gasteiger partial charge in [0.25, 0.3) is 0 Å². The number of hydrogen-bond acceptors (Lipinski definition) is 1. The average molecular weight is 148 g/mol. The molecule has 0 fully saturated rings. The molecule has 0 spiro atoms. The van der Waals surface area contributed by atoms with Gasteiger partial charge in [-0.1, -0.05) is 24.6 Å². The van der Waals surface area contributed by atoms with Crippen LogP contribution >= 0.6 is 11.6 Å². The van der Waals surface area contributed by atoms with E-state index in [0.29, 0.717) is 0 Å². The molecular weight excluding hydrogens is 134 g/mol. The highest BCUT2D eigenvalue weighted by atomic mass is 35.5. The quantitative estimate of drug-likeness (QED) is 0.589. The van der Waals surface area contributed by atoms with Crippen LogP contribution in [0.3, 0.4) is 0 Å². The first-order chi connectivity index (χ1) is 4.31. The minimum atomic E-state index is 0.956. The second kappa shape index (κ2) is 6.12. The zero-order valence-electron chi connectivity index (χ0n) is 6.10. The number of halogens is 1. The Hall–Kier alpha value is -0.0100. The first-order valence-electron chi connectivity index (χ1n) is 3.25. The van der Waals surface area contributed by atoms with Crippen LogP contribution in [0, 0.1) is 0 Å². The first-order valence-corrected chi connectivity index (χ1v) is 3.68. The summed E-state index contributed by atoms with van der Waals surface area (Å²) < 4.78 is 0. The topological polar surface area (TPSA) is 3.24 Å². The van der Waals surface area contributed by atoms with Crippen LogP contribution in [-0.4, -0.2) is 25.0 Å². The number of rotatable bonds is 4. The third-order valence-corrected chi connectivity index (χ3v) is 1.29. The van der Waals surface area contributed by atoms with Gasteiger partial charge in [0, 0.05) is 12.1 Å². The largest absolute Gasteiger partial charge is 0.303 e. The molecule has 0 aromatic heterocycles. The molecule has 0 aliphatic heterocycles. The van der Waals surface area contributed by atoms with Crippen molar-refractivity contribution in [3.63, 3.8) is 0 Å². The van der Waals surface area contributed by atoms with Crippen LogP contribution in [0.1, 0.15) is 13.3 Å². The summed E-state index contributed by atoms with van der Waals surface area (Å²) >= 11 is 5.34. The molecule has 0 saturated carbocycles. The van der Waals surface area contributed by atoms with Crippen LogP contribution in [0.15, 0.2) is 11.6 Å². The Morgan fingerprint density at radius 1 is 1.56 bits per heavy atom. The Kier molecular flexibility index (Phi) is 6.11. The molecule has 0 radical (unpaired) electrons. The van der Waals surface area contributed by atoms with Gasteiger partial charge in [-0.2, -0.15) is 0 Å². The fraction of sp³-hybridized carbons (Fsp3) is 0.714. The van der Waals surface area contributed by atoms with Gasteiger partial charge < -0.3 is 4.90 Å². The maximum atomic E-state index is 5.34. The molecule has 1 nitrogen and oxygen atoms in total. The number of hydrogen-bond donors (Lipinski definition) is 0. The van der Waals surface area contributed by atoms with Gasteiger partial charge in [-0.25, -0.2) is 0 Å². The van der Waals surface area contributed by atoms with Gasteiger partial charge in [-0.3, -0.25) is 0 Å². The van der Waals surface area contributed by atoms with Crippen molar-refractivity contribution in [2.45, 2.75) is 13.3 Å². The third kappa shape index (κ3) is 5.87. The lowest BCUT2D eigenvalue weighted by Gasteiger charge is -2.11. The molecule has 0 bridgehead atoms. The highest BCUT2D eigenvalue weighted by Crippen LogP contribution is 1.87. The van der Waals surface area contributed by atoms with E-state index in [1.807, 2.05) is 6.08 Å².